The van der Waals surface area contributed by atoms with Crippen LogP contribution in [0.5, 0.6) is 0 Å². The number of aldehydes is 1. The molecule has 0 bridgehead atoms. The van der Waals surface area contributed by atoms with Gasteiger partial charge in [0.2, 0.25) is 0 Å². The molecular formula is C21H24FN5O3. The third-order valence-electron chi connectivity index (χ3n) is 4.49. The number of nitrogens with zero attached hydrogens (tertiary/aromatic N) is 3. The smallest absolute Gasteiger partial charge is 0.327 e. The second kappa shape index (κ2) is 10.9. The molecule has 0 aromatic carbocycles. The number of aliphatic hydroxyl groups is 1. The molecule has 0 atom stereocenters. The number of hydrogen-bond donors (Lipinski definition) is 3. The van der Waals surface area contributed by atoms with Crippen LogP contribution in [0.15, 0.2) is 41.8 Å². The lowest BCUT2D eigenvalue weighted by Crippen LogP contribution is -2.43. The Hall–Kier alpha value is -3.51. The third-order valence-corrected chi connectivity index (χ3v) is 4.49. The van der Waals surface area contributed by atoms with Crippen LogP contribution in [0.2, 0.25) is 0 Å². The molecule has 0 spiro atoms. The van der Waals surface area contributed by atoms with Crippen molar-refractivity contribution in [1.82, 2.24) is 15.6 Å². The summed E-state index contributed by atoms with van der Waals surface area (Å²) in [5, 5.41) is 24.1. The molecule has 30 heavy (non-hydrogen) atoms. The van der Waals surface area contributed by atoms with Crippen molar-refractivity contribution in [2.24, 2.45) is 0 Å². The Morgan fingerprint density at radius 2 is 2.30 bits per heavy atom. The van der Waals surface area contributed by atoms with Gasteiger partial charge in [-0.05, 0) is 43.5 Å². The summed E-state index contributed by atoms with van der Waals surface area (Å²) in [4.78, 5) is 29.8. The molecule has 158 valence electrons. The highest BCUT2D eigenvalue weighted by atomic mass is 19.1. The number of anilines is 1. The van der Waals surface area contributed by atoms with Gasteiger partial charge >= 0.3 is 6.03 Å². The number of pyridine rings is 1. The fourth-order valence-electron chi connectivity index (χ4n) is 3.09. The van der Waals surface area contributed by atoms with Crippen molar-refractivity contribution in [1.29, 1.82) is 5.26 Å². The summed E-state index contributed by atoms with van der Waals surface area (Å²) >= 11 is 0. The largest absolute Gasteiger partial charge is 0.392 e. The molecule has 1 aromatic rings. The maximum absolute atomic E-state index is 12.8. The molecule has 0 saturated carbocycles. The van der Waals surface area contributed by atoms with E-state index in [9.17, 15) is 24.3 Å². The van der Waals surface area contributed by atoms with Gasteiger partial charge in [-0.15, -0.1) is 0 Å². The minimum absolute atomic E-state index is 0.0111. The van der Waals surface area contributed by atoms with Crippen molar-refractivity contribution in [3.63, 3.8) is 0 Å². The highest BCUT2D eigenvalue weighted by molar-refractivity contribution is 5.93. The summed E-state index contributed by atoms with van der Waals surface area (Å²) in [5.41, 5.74) is 2.27. The minimum Gasteiger partial charge on any atom is -0.392 e. The molecule has 8 nitrogen and oxygen atoms in total. The summed E-state index contributed by atoms with van der Waals surface area (Å²) in [6.07, 6.45) is 4.80. The number of allylic oxidation sites excluding steroid dienone is 4. The van der Waals surface area contributed by atoms with E-state index in [1.54, 1.807) is 13.0 Å². The number of nitriles is 1. The van der Waals surface area contributed by atoms with Gasteiger partial charge < -0.3 is 15.7 Å². The first kappa shape index (κ1) is 22.8. The highest BCUT2D eigenvalue weighted by Gasteiger charge is 2.25. The number of hydrogen-bond acceptors (Lipinski definition) is 6. The van der Waals surface area contributed by atoms with E-state index in [4.69, 9.17) is 0 Å². The van der Waals surface area contributed by atoms with Gasteiger partial charge in [0.15, 0.2) is 6.29 Å². The van der Waals surface area contributed by atoms with Crippen molar-refractivity contribution in [2.45, 2.75) is 26.4 Å². The first-order valence-corrected chi connectivity index (χ1v) is 9.41. The molecule has 3 N–H and O–H groups in total. The van der Waals surface area contributed by atoms with E-state index in [1.165, 1.54) is 17.1 Å². The Labute approximate surface area is 174 Å². The van der Waals surface area contributed by atoms with E-state index in [0.29, 0.717) is 48.4 Å². The van der Waals surface area contributed by atoms with Crippen LogP contribution in [0.4, 0.5) is 15.0 Å². The van der Waals surface area contributed by atoms with Gasteiger partial charge in [-0.2, -0.15) is 5.26 Å². The molecule has 9 heteroatoms. The molecule has 1 aliphatic rings. The van der Waals surface area contributed by atoms with Gasteiger partial charge in [0.25, 0.3) is 0 Å². The Balaban J connectivity index is 2.29. The van der Waals surface area contributed by atoms with Crippen LogP contribution in [0, 0.1) is 11.3 Å². The summed E-state index contributed by atoms with van der Waals surface area (Å²) < 4.78 is 12.5. The van der Waals surface area contributed by atoms with Gasteiger partial charge in [0, 0.05) is 24.4 Å². The van der Waals surface area contributed by atoms with E-state index in [-0.39, 0.29) is 24.4 Å². The van der Waals surface area contributed by atoms with Crippen LogP contribution in [-0.4, -0.2) is 42.2 Å². The molecule has 1 aliphatic heterocycles. The lowest BCUT2D eigenvalue weighted by molar-refractivity contribution is 0.111. The fourth-order valence-corrected chi connectivity index (χ4v) is 3.09. The molecule has 0 fully saturated rings. The normalized spacial score (nSPS) is 14.2. The fraction of sp³-hybridized carbons (Fsp3) is 0.333. The second-order valence-electron chi connectivity index (χ2n) is 6.56. The van der Waals surface area contributed by atoms with Gasteiger partial charge in [0.1, 0.15) is 24.3 Å². The van der Waals surface area contributed by atoms with Crippen LogP contribution in [-0.2, 0) is 13.0 Å². The lowest BCUT2D eigenvalue weighted by Gasteiger charge is -2.29. The maximum Gasteiger partial charge on any atom is 0.327 e. The zero-order valence-corrected chi connectivity index (χ0v) is 16.7. The van der Waals surface area contributed by atoms with E-state index >= 15 is 0 Å². The van der Waals surface area contributed by atoms with E-state index in [1.807, 2.05) is 6.07 Å². The average Bonchev–Trinajstić information content (AvgIpc) is 2.76. The molecule has 2 heterocycles. The number of fused-ring (bicyclic) bond motifs is 1. The highest BCUT2D eigenvalue weighted by Crippen LogP contribution is 2.27. The van der Waals surface area contributed by atoms with Crippen LogP contribution in [0.1, 0.15) is 35.0 Å². The molecule has 1 aromatic heterocycles. The number of carbonyl (C=O) groups is 2. The van der Waals surface area contributed by atoms with Gasteiger partial charge in [-0.1, -0.05) is 6.58 Å². The molecule has 2 amide bonds. The Kier molecular flexibility index (Phi) is 8.26. The van der Waals surface area contributed by atoms with Gasteiger partial charge in [-0.3, -0.25) is 9.69 Å². The number of carbonyl (C=O) groups excluding carboxylic acids is 2. The second-order valence-corrected chi connectivity index (χ2v) is 6.56. The SMILES string of the molecule is C=C/C(C#N)=C(\C=C(/C)NC(=O)N1CCCc2cc(CO)c(C=O)nc21)NCCF. The van der Waals surface area contributed by atoms with Crippen molar-refractivity contribution in [3.8, 4) is 6.07 Å². The van der Waals surface area contributed by atoms with Crippen LogP contribution in [0.3, 0.4) is 0 Å². The topological polar surface area (TPSA) is 118 Å². The molecule has 0 saturated heterocycles. The van der Waals surface area contributed by atoms with Crippen LogP contribution >= 0.6 is 0 Å². The van der Waals surface area contributed by atoms with Crippen LogP contribution in [0.25, 0.3) is 0 Å². The van der Waals surface area contributed by atoms with E-state index in [2.05, 4.69) is 22.2 Å². The summed E-state index contributed by atoms with van der Waals surface area (Å²) in [7, 11) is 0. The maximum atomic E-state index is 12.8. The number of urea groups is 1. The summed E-state index contributed by atoms with van der Waals surface area (Å²) in [6.45, 7) is 4.69. The summed E-state index contributed by atoms with van der Waals surface area (Å²) in [6, 6.07) is 3.21. The molecular weight excluding hydrogens is 389 g/mol. The standard InChI is InChI=1S/C21H24FN5O3/c1-3-15(11-23)18(24-7-6-22)9-14(2)25-21(30)27-8-4-5-16-10-17(12-28)19(13-29)26-20(16)27/h3,9-10,13,24,28H,1,4-8,12H2,2H3,(H,25,30)/b14-9+,18-15-. The minimum atomic E-state index is -0.621. The molecule has 2 rings (SSSR count). The van der Waals surface area contributed by atoms with Crippen molar-refractivity contribution >= 4 is 18.1 Å². The van der Waals surface area contributed by atoms with Crippen molar-refractivity contribution in [2.75, 3.05) is 24.7 Å². The average molecular weight is 413 g/mol. The Morgan fingerprint density at radius 1 is 1.53 bits per heavy atom. The number of alkyl halides is 1. The number of nitrogens with one attached hydrogen (secondary N) is 2. The number of aromatic nitrogens is 1. The van der Waals surface area contributed by atoms with Gasteiger partial charge in [-0.25, -0.2) is 14.2 Å². The number of rotatable bonds is 8. The zero-order chi connectivity index (χ0) is 22.1. The third kappa shape index (κ3) is 5.30. The lowest BCUT2D eigenvalue weighted by atomic mass is 10.0. The quantitative estimate of drug-likeness (QED) is 0.342. The first-order chi connectivity index (χ1) is 14.5. The molecule has 0 aliphatic carbocycles. The molecule has 0 radical (unpaired) electrons. The van der Waals surface area contributed by atoms with E-state index < -0.39 is 12.7 Å². The monoisotopic (exact) mass is 413 g/mol. The molecule has 0 unspecified atom stereocenters. The number of aliphatic hydroxyl groups excluding tert-OH is 1. The number of aryl methyl sites for hydroxylation is 1. The van der Waals surface area contributed by atoms with Crippen LogP contribution < -0.4 is 15.5 Å². The predicted octanol–water partition coefficient (Wildman–Crippen LogP) is 2.28. The van der Waals surface area contributed by atoms with Crippen molar-refractivity contribution in [3.05, 3.63) is 58.6 Å². The number of amides is 2. The first-order valence-electron chi connectivity index (χ1n) is 9.41. The van der Waals surface area contributed by atoms with E-state index in [0.717, 1.165) is 5.56 Å². The Bertz CT molecular complexity index is 933. The van der Waals surface area contributed by atoms with Gasteiger partial charge in [0.05, 0.1) is 17.9 Å². The predicted molar refractivity (Wildman–Crippen MR) is 110 cm³/mol. The Morgan fingerprint density at radius 3 is 2.90 bits per heavy atom. The zero-order valence-electron chi connectivity index (χ0n) is 16.7. The number of halogens is 1. The van der Waals surface area contributed by atoms with Crippen molar-refractivity contribution < 1.29 is 19.1 Å². The summed E-state index contributed by atoms with van der Waals surface area (Å²) in [5.74, 6) is 0.376.